The smallest absolute Gasteiger partial charge is 0.319 e. The molecule has 0 spiro atoms. The first-order valence-corrected chi connectivity index (χ1v) is 10.4. The summed E-state index contributed by atoms with van der Waals surface area (Å²) in [5.74, 6) is 0.407. The predicted molar refractivity (Wildman–Crippen MR) is 118 cm³/mol. The van der Waals surface area contributed by atoms with Crippen LogP contribution in [0.1, 0.15) is 30.3 Å². The maximum absolute atomic E-state index is 13.5. The van der Waals surface area contributed by atoms with Crippen molar-refractivity contribution in [3.63, 3.8) is 0 Å². The van der Waals surface area contributed by atoms with Gasteiger partial charge in [0.05, 0.1) is 17.4 Å². The standard InChI is InChI=1S/C23H22N6O3/c1-4-23(15-8-6-5-7-9-15)20(31)28(22(32)24-23)13-18-25-26-21-27(3)19(30)16-12-14(2)10-11-17(16)29(18)21/h5-12H,4,13H2,1-3H3,(H,24,32). The highest BCUT2D eigenvalue weighted by Crippen LogP contribution is 2.33. The van der Waals surface area contributed by atoms with Gasteiger partial charge in [0, 0.05) is 7.05 Å². The van der Waals surface area contributed by atoms with Gasteiger partial charge in [-0.15, -0.1) is 10.2 Å². The van der Waals surface area contributed by atoms with Crippen LogP contribution >= 0.6 is 0 Å². The summed E-state index contributed by atoms with van der Waals surface area (Å²) in [4.78, 5) is 40.3. The second kappa shape index (κ2) is 7.01. The molecule has 4 aromatic rings. The fraction of sp³-hybridized carbons (Fsp3) is 0.261. The van der Waals surface area contributed by atoms with Gasteiger partial charge in [-0.3, -0.25) is 23.5 Å². The third-order valence-corrected chi connectivity index (χ3v) is 6.21. The van der Waals surface area contributed by atoms with Gasteiger partial charge in [-0.25, -0.2) is 4.79 Å². The molecular weight excluding hydrogens is 408 g/mol. The molecule has 5 rings (SSSR count). The Morgan fingerprint density at radius 3 is 2.50 bits per heavy atom. The molecule has 1 N–H and O–H groups in total. The van der Waals surface area contributed by atoms with Gasteiger partial charge >= 0.3 is 6.03 Å². The van der Waals surface area contributed by atoms with E-state index in [-0.39, 0.29) is 18.0 Å². The molecule has 2 aromatic heterocycles. The number of aryl methyl sites for hydroxylation is 2. The molecule has 0 bridgehead atoms. The maximum Gasteiger partial charge on any atom is 0.325 e. The number of nitrogens with one attached hydrogen (secondary N) is 1. The third kappa shape index (κ3) is 2.67. The summed E-state index contributed by atoms with van der Waals surface area (Å²) in [7, 11) is 1.63. The van der Waals surface area contributed by atoms with E-state index in [9.17, 15) is 14.4 Å². The number of carbonyl (C=O) groups excluding carboxylic acids is 2. The van der Waals surface area contributed by atoms with Crippen LogP contribution in [0.15, 0.2) is 53.3 Å². The quantitative estimate of drug-likeness (QED) is 0.501. The van der Waals surface area contributed by atoms with Gasteiger partial charge in [0.25, 0.3) is 11.5 Å². The molecule has 3 heterocycles. The van der Waals surface area contributed by atoms with E-state index in [2.05, 4.69) is 15.5 Å². The molecule has 162 valence electrons. The van der Waals surface area contributed by atoms with E-state index in [1.54, 1.807) is 11.4 Å². The van der Waals surface area contributed by atoms with Gasteiger partial charge in [0.2, 0.25) is 5.78 Å². The van der Waals surface area contributed by atoms with Crippen molar-refractivity contribution in [1.29, 1.82) is 0 Å². The molecular formula is C23H22N6O3. The summed E-state index contributed by atoms with van der Waals surface area (Å²) in [5.41, 5.74) is 1.01. The van der Waals surface area contributed by atoms with E-state index in [0.29, 0.717) is 28.9 Å². The first-order valence-electron chi connectivity index (χ1n) is 10.4. The van der Waals surface area contributed by atoms with Gasteiger partial charge in [0.15, 0.2) is 5.82 Å². The highest BCUT2D eigenvalue weighted by atomic mass is 16.2. The number of benzene rings is 2. The Morgan fingerprint density at radius 1 is 1.03 bits per heavy atom. The average molecular weight is 430 g/mol. The van der Waals surface area contributed by atoms with Crippen LogP contribution in [0.25, 0.3) is 16.7 Å². The number of carbonyl (C=O) groups is 2. The lowest BCUT2D eigenvalue weighted by molar-refractivity contribution is -0.132. The van der Waals surface area contributed by atoms with Crippen LogP contribution in [0, 0.1) is 6.92 Å². The molecule has 0 saturated carbocycles. The van der Waals surface area contributed by atoms with Crippen molar-refractivity contribution in [3.05, 3.63) is 75.8 Å². The number of imide groups is 1. The summed E-state index contributed by atoms with van der Waals surface area (Å²) in [6.45, 7) is 3.71. The van der Waals surface area contributed by atoms with Gasteiger partial charge in [-0.2, -0.15) is 0 Å². The number of nitrogens with zero attached hydrogens (tertiary/aromatic N) is 5. The lowest BCUT2D eigenvalue weighted by Gasteiger charge is -2.25. The number of urea groups is 1. The van der Waals surface area contributed by atoms with E-state index >= 15 is 0 Å². The largest absolute Gasteiger partial charge is 0.325 e. The molecule has 0 radical (unpaired) electrons. The Labute approximate surface area is 183 Å². The molecule has 1 aliphatic heterocycles. The fourth-order valence-corrected chi connectivity index (χ4v) is 4.43. The molecule has 9 nitrogen and oxygen atoms in total. The summed E-state index contributed by atoms with van der Waals surface area (Å²) in [6, 6.07) is 14.3. The lowest BCUT2D eigenvalue weighted by atomic mass is 9.87. The Bertz CT molecular complexity index is 1460. The number of aromatic nitrogens is 4. The molecule has 1 aliphatic rings. The number of amides is 3. The Balaban J connectivity index is 1.63. The van der Waals surface area contributed by atoms with Crippen molar-refractivity contribution in [2.24, 2.45) is 7.05 Å². The average Bonchev–Trinajstić information content (AvgIpc) is 3.33. The first-order chi connectivity index (χ1) is 15.4. The maximum atomic E-state index is 13.5. The Morgan fingerprint density at radius 2 is 1.78 bits per heavy atom. The van der Waals surface area contributed by atoms with E-state index in [4.69, 9.17) is 0 Å². The molecule has 3 amide bonds. The molecule has 1 unspecified atom stereocenters. The molecule has 1 atom stereocenters. The number of hydrogen-bond donors (Lipinski definition) is 1. The predicted octanol–water partition coefficient (Wildman–Crippen LogP) is 2.25. The molecule has 9 heteroatoms. The number of hydrogen-bond acceptors (Lipinski definition) is 5. The van der Waals surface area contributed by atoms with Crippen molar-refractivity contribution in [2.45, 2.75) is 32.4 Å². The van der Waals surface area contributed by atoms with Crippen LogP contribution in [0.4, 0.5) is 4.79 Å². The van der Waals surface area contributed by atoms with Crippen molar-refractivity contribution in [3.8, 4) is 0 Å². The van der Waals surface area contributed by atoms with Crippen molar-refractivity contribution in [2.75, 3.05) is 0 Å². The molecule has 1 fully saturated rings. The normalized spacial score (nSPS) is 18.7. The molecule has 32 heavy (non-hydrogen) atoms. The number of rotatable bonds is 4. The second-order valence-corrected chi connectivity index (χ2v) is 8.08. The minimum atomic E-state index is -1.12. The van der Waals surface area contributed by atoms with Crippen LogP contribution in [-0.2, 0) is 23.9 Å². The van der Waals surface area contributed by atoms with Crippen LogP contribution in [0.2, 0.25) is 0 Å². The Hall–Kier alpha value is -4.01. The van der Waals surface area contributed by atoms with Crippen LogP contribution < -0.4 is 10.9 Å². The van der Waals surface area contributed by atoms with E-state index in [0.717, 1.165) is 16.0 Å². The van der Waals surface area contributed by atoms with Crippen molar-refractivity contribution < 1.29 is 9.59 Å². The third-order valence-electron chi connectivity index (χ3n) is 6.21. The zero-order valence-corrected chi connectivity index (χ0v) is 18.0. The first kappa shape index (κ1) is 19.9. The van der Waals surface area contributed by atoms with Crippen molar-refractivity contribution >= 4 is 28.6 Å². The lowest BCUT2D eigenvalue weighted by Crippen LogP contribution is -2.43. The SMILES string of the molecule is CCC1(c2ccccc2)NC(=O)N(Cc2nnc3n(C)c(=O)c4cc(C)ccc4n23)C1=O. The highest BCUT2D eigenvalue weighted by molar-refractivity contribution is 6.07. The molecule has 0 aliphatic carbocycles. The van der Waals surface area contributed by atoms with Gasteiger partial charge in [-0.1, -0.05) is 48.9 Å². The monoisotopic (exact) mass is 430 g/mol. The van der Waals surface area contributed by atoms with Gasteiger partial charge < -0.3 is 5.32 Å². The zero-order chi connectivity index (χ0) is 22.6. The summed E-state index contributed by atoms with van der Waals surface area (Å²) < 4.78 is 3.15. The number of fused-ring (bicyclic) bond motifs is 3. The fourth-order valence-electron chi connectivity index (χ4n) is 4.43. The molecule has 2 aromatic carbocycles. The van der Waals surface area contributed by atoms with Crippen LogP contribution in [0.3, 0.4) is 0 Å². The van der Waals surface area contributed by atoms with E-state index in [1.165, 1.54) is 4.57 Å². The minimum absolute atomic E-state index is 0.0679. The van der Waals surface area contributed by atoms with Crippen LogP contribution in [-0.4, -0.2) is 36.0 Å². The second-order valence-electron chi connectivity index (χ2n) is 8.08. The Kier molecular flexibility index (Phi) is 4.37. The zero-order valence-electron chi connectivity index (χ0n) is 18.0. The van der Waals surface area contributed by atoms with E-state index in [1.807, 2.05) is 62.4 Å². The summed E-state index contributed by atoms with van der Waals surface area (Å²) in [6.07, 6.45) is 0.412. The van der Waals surface area contributed by atoms with Crippen molar-refractivity contribution in [1.82, 2.24) is 29.4 Å². The molecule has 1 saturated heterocycles. The summed E-state index contributed by atoms with van der Waals surface area (Å²) in [5, 5.41) is 11.8. The van der Waals surface area contributed by atoms with Gasteiger partial charge in [0.1, 0.15) is 5.54 Å². The van der Waals surface area contributed by atoms with Gasteiger partial charge in [-0.05, 0) is 31.0 Å². The minimum Gasteiger partial charge on any atom is -0.319 e. The topological polar surface area (TPSA) is 102 Å². The van der Waals surface area contributed by atoms with Crippen LogP contribution in [0.5, 0.6) is 0 Å². The van der Waals surface area contributed by atoms with E-state index < -0.39 is 11.6 Å². The highest BCUT2D eigenvalue weighted by Gasteiger charge is 2.51. The summed E-state index contributed by atoms with van der Waals surface area (Å²) >= 11 is 0.